The summed E-state index contributed by atoms with van der Waals surface area (Å²) >= 11 is 0. The monoisotopic (exact) mass is 904 g/mol. The number of ether oxygens (including phenoxy) is 5. The minimum absolute atomic E-state index is 0.0188. The molecule has 0 saturated heterocycles. The molecule has 360 valence electrons. The minimum atomic E-state index is -1.43. The summed E-state index contributed by atoms with van der Waals surface area (Å²) in [5.74, 6) is -1.16. The number of allylic oxidation sites excluding steroid dienone is 1. The molecule has 3 aliphatic rings. The lowest BCUT2D eigenvalue weighted by atomic mass is 9.55. The lowest BCUT2D eigenvalue weighted by Crippen LogP contribution is -2.69. The lowest BCUT2D eigenvalue weighted by Gasteiger charge is -2.59. The van der Waals surface area contributed by atoms with Gasteiger partial charge < -0.3 is 49.0 Å². The zero-order valence-electron chi connectivity index (χ0n) is 39.4. The Morgan fingerprint density at radius 3 is 2.32 bits per heavy atom. The maximum atomic E-state index is 14.0. The number of rotatable bonds is 30. The van der Waals surface area contributed by atoms with Crippen LogP contribution in [0, 0.1) is 17.8 Å². The number of likely N-dealkylation sites (N-methyl/N-ethyl adjacent to an activating group) is 1. The quantitative estimate of drug-likeness (QED) is 0.0392. The zero-order chi connectivity index (χ0) is 46.3. The van der Waals surface area contributed by atoms with E-state index in [2.05, 4.69) is 30.1 Å². The fraction of sp³-hybridized carbons (Fsp3) is 0.635. The van der Waals surface area contributed by atoms with Crippen LogP contribution in [0.5, 0.6) is 11.5 Å². The fourth-order valence-corrected chi connectivity index (χ4v) is 10.0. The third-order valence-corrected chi connectivity index (χ3v) is 13.2. The third-order valence-electron chi connectivity index (χ3n) is 13.2. The van der Waals surface area contributed by atoms with Gasteiger partial charge in [-0.1, -0.05) is 125 Å². The summed E-state index contributed by atoms with van der Waals surface area (Å²) in [7, 11) is 3.20. The van der Waals surface area contributed by atoms with Crippen LogP contribution in [0.3, 0.4) is 0 Å². The predicted molar refractivity (Wildman–Crippen MR) is 253 cm³/mol. The number of benzene rings is 2. The normalized spacial score (nSPS) is 22.5. The lowest BCUT2D eigenvalue weighted by molar-refractivity contribution is -0.253. The average molecular weight is 904 g/mol. The number of aliphatic hydroxyl groups excluding tert-OH is 2. The number of fused-ring (bicyclic) bond motifs is 2. The number of carbonyl (C=O) groups is 2. The van der Waals surface area contributed by atoms with E-state index in [9.17, 15) is 19.8 Å². The second-order valence-corrected chi connectivity index (χ2v) is 17.7. The SMILES string of the molecule is C=CCO[C@@]12Oc3ccc(OC(=O)NCCCCCCCCCCCC)cc3[C@H]3[C@H](CCCCO)[C@@H](CCCCO)C=C(C(=NOC)C[C@@H]1N(C)C(=O)OCCOCc1ccccc1)[C@H]32. The van der Waals surface area contributed by atoms with Crippen LogP contribution in [-0.4, -0.2) is 98.6 Å². The highest BCUT2D eigenvalue weighted by molar-refractivity contribution is 6.02. The molecule has 5 rings (SSSR count). The number of nitrogens with zero attached hydrogens (tertiary/aromatic N) is 2. The Labute approximate surface area is 387 Å². The molecule has 0 radical (unpaired) electrons. The Kier molecular flexibility index (Phi) is 22.1. The van der Waals surface area contributed by atoms with E-state index in [1.165, 1.54) is 57.0 Å². The Morgan fingerprint density at radius 2 is 1.63 bits per heavy atom. The first kappa shape index (κ1) is 51.6. The molecule has 13 heteroatoms. The molecule has 2 aromatic rings. The number of hydrogen-bond donors (Lipinski definition) is 3. The van der Waals surface area contributed by atoms with Crippen molar-refractivity contribution in [2.75, 3.05) is 53.7 Å². The van der Waals surface area contributed by atoms with Crippen LogP contribution in [0.15, 0.2) is 78.0 Å². The van der Waals surface area contributed by atoms with Gasteiger partial charge in [-0.15, -0.1) is 6.58 Å². The molecule has 1 saturated carbocycles. The molecule has 1 heterocycles. The third kappa shape index (κ3) is 14.5. The summed E-state index contributed by atoms with van der Waals surface area (Å²) in [5, 5.41) is 27.3. The summed E-state index contributed by atoms with van der Waals surface area (Å²) in [4.78, 5) is 34.3. The van der Waals surface area contributed by atoms with Gasteiger partial charge in [-0.2, -0.15) is 0 Å². The van der Waals surface area contributed by atoms with Gasteiger partial charge in [-0.05, 0) is 73.3 Å². The van der Waals surface area contributed by atoms with E-state index in [0.29, 0.717) is 43.2 Å². The van der Waals surface area contributed by atoms with Gasteiger partial charge in [0, 0.05) is 44.7 Å². The first-order chi connectivity index (χ1) is 31.8. The van der Waals surface area contributed by atoms with Crippen molar-refractivity contribution in [1.29, 1.82) is 0 Å². The van der Waals surface area contributed by atoms with Crippen molar-refractivity contribution in [1.82, 2.24) is 10.2 Å². The van der Waals surface area contributed by atoms with E-state index in [1.807, 2.05) is 42.5 Å². The molecule has 0 spiro atoms. The molecule has 2 aliphatic carbocycles. The molecule has 0 aromatic heterocycles. The molecule has 65 heavy (non-hydrogen) atoms. The molecule has 2 amide bonds. The van der Waals surface area contributed by atoms with Gasteiger partial charge >= 0.3 is 12.2 Å². The Bertz CT molecular complexity index is 1810. The average Bonchev–Trinajstić information content (AvgIpc) is 3.31. The molecule has 0 unspecified atom stereocenters. The summed E-state index contributed by atoms with van der Waals surface area (Å²) in [6, 6.07) is 14.6. The van der Waals surface area contributed by atoms with Gasteiger partial charge in [0.15, 0.2) is 0 Å². The first-order valence-electron chi connectivity index (χ1n) is 24.4. The van der Waals surface area contributed by atoms with Crippen LogP contribution < -0.4 is 14.8 Å². The van der Waals surface area contributed by atoms with E-state index in [-0.39, 0.29) is 57.2 Å². The highest BCUT2D eigenvalue weighted by Gasteiger charge is 2.65. The molecule has 1 aliphatic heterocycles. The van der Waals surface area contributed by atoms with Crippen LogP contribution in [-0.2, 0) is 25.7 Å². The summed E-state index contributed by atoms with van der Waals surface area (Å²) < 4.78 is 31.7. The van der Waals surface area contributed by atoms with Gasteiger partial charge in [-0.3, -0.25) is 0 Å². The number of nitrogens with one attached hydrogen (secondary N) is 1. The van der Waals surface area contributed by atoms with E-state index < -0.39 is 29.9 Å². The number of oxime groups is 1. The molecule has 1 fully saturated rings. The maximum Gasteiger partial charge on any atom is 0.412 e. The number of carbonyl (C=O) groups excluding carboxylic acids is 2. The van der Waals surface area contributed by atoms with Crippen LogP contribution in [0.25, 0.3) is 0 Å². The van der Waals surface area contributed by atoms with E-state index in [0.717, 1.165) is 61.6 Å². The maximum absolute atomic E-state index is 14.0. The van der Waals surface area contributed by atoms with Gasteiger partial charge in [-0.25, -0.2) is 9.59 Å². The molecular weight excluding hydrogens is 827 g/mol. The minimum Gasteiger partial charge on any atom is -0.459 e. The van der Waals surface area contributed by atoms with Gasteiger partial charge in [0.25, 0.3) is 0 Å². The highest BCUT2D eigenvalue weighted by atomic mass is 16.7. The smallest absolute Gasteiger partial charge is 0.412 e. The molecule has 6 atom stereocenters. The van der Waals surface area contributed by atoms with Gasteiger partial charge in [0.2, 0.25) is 5.79 Å². The number of aliphatic hydroxyl groups is 2. The van der Waals surface area contributed by atoms with Crippen LogP contribution in [0.1, 0.15) is 133 Å². The van der Waals surface area contributed by atoms with Crippen LogP contribution >= 0.6 is 0 Å². The van der Waals surface area contributed by atoms with Crippen molar-refractivity contribution in [3.8, 4) is 11.5 Å². The second kappa shape index (κ2) is 27.9. The predicted octanol–water partition coefficient (Wildman–Crippen LogP) is 10.2. The number of amides is 2. The topological polar surface area (TPSA) is 158 Å². The molecular formula is C52H77N3O10. The van der Waals surface area contributed by atoms with Gasteiger partial charge in [0.1, 0.15) is 31.3 Å². The van der Waals surface area contributed by atoms with Crippen LogP contribution in [0.4, 0.5) is 9.59 Å². The van der Waals surface area contributed by atoms with Crippen molar-refractivity contribution >= 4 is 17.9 Å². The molecule has 2 aromatic carbocycles. The number of hydrogen-bond acceptors (Lipinski definition) is 11. The summed E-state index contributed by atoms with van der Waals surface area (Å²) in [5.41, 5.74) is 3.46. The summed E-state index contributed by atoms with van der Waals surface area (Å²) in [6.07, 6.45) is 19.7. The zero-order valence-corrected chi connectivity index (χ0v) is 39.4. The van der Waals surface area contributed by atoms with Crippen molar-refractivity contribution in [2.24, 2.45) is 22.9 Å². The molecule has 3 N–H and O–H groups in total. The molecule has 13 nitrogen and oxygen atoms in total. The van der Waals surface area contributed by atoms with Crippen molar-refractivity contribution < 1.29 is 48.3 Å². The largest absolute Gasteiger partial charge is 0.459 e. The van der Waals surface area contributed by atoms with E-state index in [4.69, 9.17) is 28.5 Å². The van der Waals surface area contributed by atoms with E-state index >= 15 is 0 Å². The van der Waals surface area contributed by atoms with Crippen molar-refractivity contribution in [3.05, 3.63) is 84.0 Å². The van der Waals surface area contributed by atoms with Crippen LogP contribution in [0.2, 0.25) is 0 Å². The van der Waals surface area contributed by atoms with Gasteiger partial charge in [0.05, 0.1) is 31.5 Å². The van der Waals surface area contributed by atoms with E-state index in [1.54, 1.807) is 19.2 Å². The summed E-state index contributed by atoms with van der Waals surface area (Å²) in [6.45, 7) is 7.71. The Hall–Kier alpha value is -4.43. The van der Waals surface area contributed by atoms with Crippen molar-refractivity contribution in [3.63, 3.8) is 0 Å². The second-order valence-electron chi connectivity index (χ2n) is 17.7. The Balaban J connectivity index is 1.43. The highest BCUT2D eigenvalue weighted by Crippen LogP contribution is 2.61. The first-order valence-corrected chi connectivity index (χ1v) is 24.4. The van der Waals surface area contributed by atoms with Crippen molar-refractivity contribution in [2.45, 2.75) is 140 Å². The standard InChI is InChI=1S/C52H77N3O10/c1-5-7-8-9-10-11-12-13-14-20-29-53-50(58)64-41-27-28-46-44(36-41)48-42(26-19-22-31-57)40(25-18-21-30-56)35-43-45(54-60-4)37-47(52(65-46,49(43)48)63-32-6-2)55(3)51(59)62-34-33-61-38-39-23-16-15-17-24-39/h6,15-17,23-24,27-28,35-36,40,42,47-49,56-57H,2,5,7-14,18-22,25-26,29-34,37-38H2,1,3-4H3,(H,53,58)/t40-,42+,47-,48+,49+,52+/m0/s1. The fourth-order valence-electron chi connectivity index (χ4n) is 10.0. The number of unbranched alkanes of at least 4 members (excludes halogenated alkanes) is 11. The Morgan fingerprint density at radius 1 is 0.923 bits per heavy atom. The molecule has 0 bridgehead atoms.